The van der Waals surface area contributed by atoms with Crippen molar-refractivity contribution in [2.75, 3.05) is 37.7 Å². The van der Waals surface area contributed by atoms with Crippen LogP contribution in [0.2, 0.25) is 0 Å². The first-order valence-electron chi connectivity index (χ1n) is 9.63. The lowest BCUT2D eigenvalue weighted by Gasteiger charge is -2.43. The minimum Gasteiger partial charge on any atom is -0.486 e. The molecule has 26 heavy (non-hydrogen) atoms. The lowest BCUT2D eigenvalue weighted by Crippen LogP contribution is -2.52. The smallest absolute Gasteiger partial charge is 0.409 e. The molecule has 2 saturated heterocycles. The summed E-state index contributed by atoms with van der Waals surface area (Å²) in [4.78, 5) is 28.8. The molecule has 1 amide bonds. The van der Waals surface area contributed by atoms with Crippen LogP contribution >= 0.6 is 0 Å². The van der Waals surface area contributed by atoms with E-state index in [1.54, 1.807) is 11.8 Å². The molecular weight excluding hydrogens is 332 g/mol. The van der Waals surface area contributed by atoms with Crippen LogP contribution in [-0.4, -0.2) is 55.2 Å². The molecule has 4 rings (SSSR count). The minimum absolute atomic E-state index is 0.150. The molecule has 0 aliphatic carbocycles. The van der Waals surface area contributed by atoms with Gasteiger partial charge in [-0.25, -0.2) is 4.79 Å². The summed E-state index contributed by atoms with van der Waals surface area (Å²) in [6.45, 7) is 5.42. The Labute approximate surface area is 154 Å². The molecule has 2 fully saturated rings. The molecule has 0 radical (unpaired) electrons. The number of fused-ring (bicyclic) bond motifs is 1. The van der Waals surface area contributed by atoms with Crippen molar-refractivity contribution in [3.8, 4) is 5.75 Å². The number of hydrogen-bond acceptors (Lipinski definition) is 5. The van der Waals surface area contributed by atoms with Crippen LogP contribution in [0.15, 0.2) is 18.2 Å². The predicted molar refractivity (Wildman–Crippen MR) is 98.0 cm³/mol. The van der Waals surface area contributed by atoms with E-state index in [9.17, 15) is 9.59 Å². The van der Waals surface area contributed by atoms with E-state index in [4.69, 9.17) is 9.47 Å². The third-order valence-corrected chi connectivity index (χ3v) is 5.74. The molecule has 1 aromatic carbocycles. The van der Waals surface area contributed by atoms with E-state index in [2.05, 4.69) is 11.0 Å². The largest absolute Gasteiger partial charge is 0.486 e. The normalized spacial score (nSPS) is 21.5. The third-order valence-electron chi connectivity index (χ3n) is 5.74. The maximum atomic E-state index is 12.8. The summed E-state index contributed by atoms with van der Waals surface area (Å²) in [6, 6.07) is 5.99. The maximum Gasteiger partial charge on any atom is 0.409 e. The molecule has 0 N–H and O–H groups in total. The zero-order chi connectivity index (χ0) is 18.1. The van der Waals surface area contributed by atoms with E-state index < -0.39 is 5.60 Å². The van der Waals surface area contributed by atoms with Gasteiger partial charge < -0.3 is 19.3 Å². The SMILES string of the molecule is CCOC(=O)N1CCC2(CC1)CC(=O)c1cc(N3CCCC3)ccc1O2. The van der Waals surface area contributed by atoms with Gasteiger partial charge in [-0.3, -0.25) is 4.79 Å². The van der Waals surface area contributed by atoms with Crippen molar-refractivity contribution in [1.82, 2.24) is 4.90 Å². The minimum atomic E-state index is -0.484. The van der Waals surface area contributed by atoms with E-state index >= 15 is 0 Å². The second-order valence-corrected chi connectivity index (χ2v) is 7.45. The van der Waals surface area contributed by atoms with Crippen molar-refractivity contribution < 1.29 is 19.1 Å². The highest BCUT2D eigenvalue weighted by molar-refractivity contribution is 6.01. The van der Waals surface area contributed by atoms with Crippen molar-refractivity contribution in [2.24, 2.45) is 0 Å². The van der Waals surface area contributed by atoms with Gasteiger partial charge in [-0.2, -0.15) is 0 Å². The quantitative estimate of drug-likeness (QED) is 0.812. The monoisotopic (exact) mass is 358 g/mol. The summed E-state index contributed by atoms with van der Waals surface area (Å²) in [7, 11) is 0. The zero-order valence-corrected chi connectivity index (χ0v) is 15.3. The summed E-state index contributed by atoms with van der Waals surface area (Å²) in [5.41, 5.74) is 1.33. The van der Waals surface area contributed by atoms with Crippen LogP contribution in [0.5, 0.6) is 5.75 Å². The van der Waals surface area contributed by atoms with Gasteiger partial charge in [0.15, 0.2) is 5.78 Å². The Kier molecular flexibility index (Phi) is 4.51. The van der Waals surface area contributed by atoms with Crippen molar-refractivity contribution in [2.45, 2.75) is 44.6 Å². The highest BCUT2D eigenvalue weighted by Gasteiger charge is 2.44. The van der Waals surface area contributed by atoms with Crippen LogP contribution in [0.1, 0.15) is 49.4 Å². The van der Waals surface area contributed by atoms with Crippen LogP contribution in [-0.2, 0) is 4.74 Å². The van der Waals surface area contributed by atoms with Gasteiger partial charge in [0, 0.05) is 44.7 Å². The van der Waals surface area contributed by atoms with Gasteiger partial charge in [-0.05, 0) is 38.0 Å². The van der Waals surface area contributed by atoms with E-state index in [0.717, 1.165) is 18.8 Å². The fourth-order valence-electron chi connectivity index (χ4n) is 4.24. The van der Waals surface area contributed by atoms with E-state index in [-0.39, 0.29) is 11.9 Å². The Balaban J connectivity index is 1.48. The number of rotatable bonds is 2. The molecule has 0 saturated carbocycles. The van der Waals surface area contributed by atoms with Crippen molar-refractivity contribution in [3.63, 3.8) is 0 Å². The van der Waals surface area contributed by atoms with Crippen LogP contribution < -0.4 is 9.64 Å². The molecule has 3 heterocycles. The van der Waals surface area contributed by atoms with Crippen molar-refractivity contribution >= 4 is 17.6 Å². The topological polar surface area (TPSA) is 59.1 Å². The number of hydrogen-bond donors (Lipinski definition) is 0. The highest BCUT2D eigenvalue weighted by atomic mass is 16.6. The number of carbonyl (C=O) groups excluding carboxylic acids is 2. The first kappa shape index (κ1) is 17.2. The molecule has 140 valence electrons. The first-order chi connectivity index (χ1) is 12.6. The number of piperidine rings is 1. The lowest BCUT2D eigenvalue weighted by atomic mass is 9.82. The predicted octanol–water partition coefficient (Wildman–Crippen LogP) is 3.24. The number of benzene rings is 1. The number of ketones is 1. The molecule has 6 nitrogen and oxygen atoms in total. The fourth-order valence-corrected chi connectivity index (χ4v) is 4.24. The van der Waals surface area contributed by atoms with Crippen molar-refractivity contribution in [3.05, 3.63) is 23.8 Å². The van der Waals surface area contributed by atoms with Crippen LogP contribution in [0.25, 0.3) is 0 Å². The molecule has 3 aliphatic heterocycles. The fraction of sp³-hybridized carbons (Fsp3) is 0.600. The Morgan fingerprint density at radius 1 is 1.19 bits per heavy atom. The lowest BCUT2D eigenvalue weighted by molar-refractivity contribution is -0.00858. The molecule has 0 unspecified atom stereocenters. The summed E-state index contributed by atoms with van der Waals surface area (Å²) in [5.74, 6) is 0.839. The number of ether oxygens (including phenoxy) is 2. The summed E-state index contributed by atoms with van der Waals surface area (Å²) in [6.07, 6.45) is 3.85. The first-order valence-corrected chi connectivity index (χ1v) is 9.63. The number of amides is 1. The Morgan fingerprint density at radius 2 is 1.92 bits per heavy atom. The number of likely N-dealkylation sites (tertiary alicyclic amines) is 1. The van der Waals surface area contributed by atoms with Gasteiger partial charge in [-0.15, -0.1) is 0 Å². The van der Waals surface area contributed by atoms with Gasteiger partial charge >= 0.3 is 6.09 Å². The van der Waals surface area contributed by atoms with Gasteiger partial charge in [0.1, 0.15) is 11.4 Å². The average molecular weight is 358 g/mol. The van der Waals surface area contributed by atoms with Crippen molar-refractivity contribution in [1.29, 1.82) is 0 Å². The maximum absolute atomic E-state index is 12.8. The van der Waals surface area contributed by atoms with Gasteiger partial charge in [-0.1, -0.05) is 0 Å². The molecule has 0 bridgehead atoms. The number of nitrogens with zero attached hydrogens (tertiary/aromatic N) is 2. The van der Waals surface area contributed by atoms with Crippen LogP contribution in [0.4, 0.5) is 10.5 Å². The molecule has 3 aliphatic rings. The van der Waals surface area contributed by atoms with Crippen LogP contribution in [0, 0.1) is 0 Å². The standard InChI is InChI=1S/C20H26N2O4/c1-2-25-19(24)22-11-7-20(8-12-22)14-17(23)16-13-15(5-6-18(16)26-20)21-9-3-4-10-21/h5-6,13H,2-4,7-12,14H2,1H3. The molecule has 1 spiro atoms. The number of Topliss-reactive ketones (excluding diaryl/α,β-unsaturated/α-hetero) is 1. The van der Waals surface area contributed by atoms with Gasteiger partial charge in [0.2, 0.25) is 0 Å². The average Bonchev–Trinajstić information content (AvgIpc) is 3.17. The Hall–Kier alpha value is -2.24. The Bertz CT molecular complexity index is 704. The summed E-state index contributed by atoms with van der Waals surface area (Å²) in [5, 5.41) is 0. The molecule has 0 atom stereocenters. The van der Waals surface area contributed by atoms with E-state index in [0.29, 0.717) is 50.3 Å². The molecule has 6 heteroatoms. The van der Waals surface area contributed by atoms with E-state index in [1.165, 1.54) is 12.8 Å². The van der Waals surface area contributed by atoms with Crippen LogP contribution in [0.3, 0.4) is 0 Å². The zero-order valence-electron chi connectivity index (χ0n) is 15.3. The number of carbonyl (C=O) groups is 2. The summed E-state index contributed by atoms with van der Waals surface area (Å²) >= 11 is 0. The molecule has 1 aromatic rings. The second kappa shape index (κ2) is 6.82. The second-order valence-electron chi connectivity index (χ2n) is 7.45. The molecule has 0 aromatic heterocycles. The third kappa shape index (κ3) is 3.13. The summed E-state index contributed by atoms with van der Waals surface area (Å²) < 4.78 is 11.4. The highest BCUT2D eigenvalue weighted by Crippen LogP contribution is 2.41. The van der Waals surface area contributed by atoms with E-state index in [1.807, 2.05) is 12.1 Å². The molecular formula is C20H26N2O4. The van der Waals surface area contributed by atoms with Gasteiger partial charge in [0.25, 0.3) is 0 Å². The Morgan fingerprint density at radius 3 is 2.62 bits per heavy atom. The van der Waals surface area contributed by atoms with Gasteiger partial charge in [0.05, 0.1) is 18.6 Å². The number of anilines is 1.